The average Bonchev–Trinajstić information content (AvgIpc) is 2.59. The van der Waals surface area contributed by atoms with Crippen LogP contribution < -0.4 is 10.1 Å². The molecule has 142 valence electrons. The predicted molar refractivity (Wildman–Crippen MR) is 89.0 cm³/mol. The molecule has 8 nitrogen and oxygen atoms in total. The Kier molecular flexibility index (Phi) is 4.96. The van der Waals surface area contributed by atoms with Crippen LogP contribution in [-0.4, -0.2) is 63.6 Å². The summed E-state index contributed by atoms with van der Waals surface area (Å²) < 4.78 is 19.6. The number of benzene rings is 1. The van der Waals surface area contributed by atoms with E-state index in [4.69, 9.17) is 21.4 Å². The number of carboxylic acid groups (broad SMARTS) is 1. The van der Waals surface area contributed by atoms with Gasteiger partial charge in [0.05, 0.1) is 12.2 Å². The summed E-state index contributed by atoms with van der Waals surface area (Å²) in [5.41, 5.74) is -1.02. The lowest BCUT2D eigenvalue weighted by Crippen LogP contribution is -2.59. The summed E-state index contributed by atoms with van der Waals surface area (Å²) in [6.07, 6.45) is -2.08. The molecular weight excluding hydrogens is 371 g/mol. The summed E-state index contributed by atoms with van der Waals surface area (Å²) in [6.45, 7) is -0.573. The van der Waals surface area contributed by atoms with Crippen LogP contribution in [0.3, 0.4) is 0 Å². The van der Waals surface area contributed by atoms with Crippen molar-refractivity contribution in [3.63, 3.8) is 0 Å². The van der Waals surface area contributed by atoms with E-state index in [0.717, 1.165) is 11.0 Å². The van der Waals surface area contributed by atoms with Gasteiger partial charge in [0.2, 0.25) is 5.91 Å². The molecule has 2 aliphatic rings. The van der Waals surface area contributed by atoms with E-state index < -0.39 is 23.6 Å². The number of halogens is 2. The van der Waals surface area contributed by atoms with Gasteiger partial charge in [0.1, 0.15) is 34.9 Å². The number of hydrogen-bond donors (Lipinski definition) is 4. The number of fused-ring (bicyclic) bond motifs is 1. The number of nitrogens with one attached hydrogen (secondary N) is 1. The van der Waals surface area contributed by atoms with E-state index in [-0.39, 0.29) is 54.9 Å². The number of rotatable bonds is 3. The number of nitrogens with zero attached hydrogens (tertiary/aromatic N) is 1. The molecule has 1 saturated heterocycles. The van der Waals surface area contributed by atoms with Gasteiger partial charge < -0.3 is 30.3 Å². The Morgan fingerprint density at radius 3 is 2.88 bits per heavy atom. The van der Waals surface area contributed by atoms with Gasteiger partial charge in [0.25, 0.3) is 0 Å². The molecule has 10 heteroatoms. The maximum atomic E-state index is 14.0. The molecule has 1 aromatic rings. The van der Waals surface area contributed by atoms with Gasteiger partial charge >= 0.3 is 6.09 Å². The quantitative estimate of drug-likeness (QED) is 0.618. The largest absolute Gasteiger partial charge is 0.490 e. The number of hydrogen-bond acceptors (Lipinski definition) is 5. The number of carbonyl (C=O) groups is 2. The first-order chi connectivity index (χ1) is 12.2. The van der Waals surface area contributed by atoms with Crippen LogP contribution in [0.15, 0.2) is 6.07 Å². The molecule has 0 spiro atoms. The Hall–Kier alpha value is -2.10. The SMILES string of the molecule is O=C1CCc2c(OCC3(O)CCN(C(=O)O)CC3O)cc(F)c(Cl)c2N1. The summed E-state index contributed by atoms with van der Waals surface area (Å²) in [6, 6.07) is 1.07. The van der Waals surface area contributed by atoms with E-state index in [1.54, 1.807) is 0 Å². The van der Waals surface area contributed by atoms with Gasteiger partial charge in [-0.3, -0.25) is 4.79 Å². The van der Waals surface area contributed by atoms with E-state index in [1.165, 1.54) is 0 Å². The van der Waals surface area contributed by atoms with Crippen LogP contribution in [0, 0.1) is 5.82 Å². The van der Waals surface area contributed by atoms with Gasteiger partial charge in [0, 0.05) is 24.6 Å². The first kappa shape index (κ1) is 18.7. The molecule has 3 rings (SSSR count). The van der Waals surface area contributed by atoms with Gasteiger partial charge in [-0.15, -0.1) is 0 Å². The second-order valence-corrected chi connectivity index (χ2v) is 6.84. The number of likely N-dealkylation sites (tertiary alicyclic amines) is 1. The van der Waals surface area contributed by atoms with Crippen LogP contribution >= 0.6 is 11.6 Å². The van der Waals surface area contributed by atoms with Crippen molar-refractivity contribution < 1.29 is 34.0 Å². The van der Waals surface area contributed by atoms with Crippen LogP contribution in [0.4, 0.5) is 14.9 Å². The highest BCUT2D eigenvalue weighted by Gasteiger charge is 2.43. The van der Waals surface area contributed by atoms with E-state index in [1.807, 2.05) is 0 Å². The molecule has 0 bridgehead atoms. The van der Waals surface area contributed by atoms with Crippen LogP contribution in [0.2, 0.25) is 5.02 Å². The highest BCUT2D eigenvalue weighted by atomic mass is 35.5. The molecule has 2 amide bonds. The van der Waals surface area contributed by atoms with E-state index in [2.05, 4.69) is 5.32 Å². The average molecular weight is 389 g/mol. The third-order valence-electron chi connectivity index (χ3n) is 4.73. The van der Waals surface area contributed by atoms with E-state index >= 15 is 0 Å². The van der Waals surface area contributed by atoms with Crippen molar-refractivity contribution >= 4 is 29.3 Å². The molecule has 1 aromatic carbocycles. The number of piperidine rings is 1. The fraction of sp³-hybridized carbons (Fsp3) is 0.500. The fourth-order valence-electron chi connectivity index (χ4n) is 3.10. The zero-order valence-corrected chi connectivity index (χ0v) is 14.4. The molecule has 0 saturated carbocycles. The van der Waals surface area contributed by atoms with Gasteiger partial charge in [0.15, 0.2) is 0 Å². The van der Waals surface area contributed by atoms with Gasteiger partial charge in [-0.05, 0) is 12.8 Å². The van der Waals surface area contributed by atoms with Gasteiger partial charge in [-0.2, -0.15) is 0 Å². The first-order valence-electron chi connectivity index (χ1n) is 8.03. The van der Waals surface area contributed by atoms with E-state index in [9.17, 15) is 24.2 Å². The van der Waals surface area contributed by atoms with Crippen LogP contribution in [0.5, 0.6) is 5.75 Å². The molecular formula is C16H18ClFN2O6. The van der Waals surface area contributed by atoms with Crippen molar-refractivity contribution in [1.29, 1.82) is 0 Å². The molecule has 2 heterocycles. The van der Waals surface area contributed by atoms with Crippen molar-refractivity contribution in [1.82, 2.24) is 4.90 Å². The van der Waals surface area contributed by atoms with Gasteiger partial charge in [-0.25, -0.2) is 9.18 Å². The van der Waals surface area contributed by atoms with E-state index in [0.29, 0.717) is 12.0 Å². The number of β-amino-alcohol motifs (C(OH)–C–C–N with tert-alkyl or cyclic N) is 1. The van der Waals surface area contributed by atoms with Crippen LogP contribution in [-0.2, 0) is 11.2 Å². The standard InChI is InChI=1S/C16H18ClFN2O6/c17-13-9(18)5-10(8-1-2-12(22)19-14(8)13)26-7-16(25)3-4-20(15(23)24)6-11(16)21/h5,11,21,25H,1-4,6-7H2,(H,19,22)(H,23,24). The summed E-state index contributed by atoms with van der Waals surface area (Å²) in [5, 5.41) is 31.9. The molecule has 1 fully saturated rings. The van der Waals surface area contributed by atoms with Crippen molar-refractivity contribution in [2.24, 2.45) is 0 Å². The topological polar surface area (TPSA) is 119 Å². The maximum absolute atomic E-state index is 14.0. The number of ether oxygens (including phenoxy) is 1. The number of amides is 2. The zero-order valence-electron chi connectivity index (χ0n) is 13.7. The minimum atomic E-state index is -1.67. The molecule has 26 heavy (non-hydrogen) atoms. The van der Waals surface area contributed by atoms with Crippen molar-refractivity contribution in [3.8, 4) is 5.75 Å². The van der Waals surface area contributed by atoms with Crippen molar-refractivity contribution in [3.05, 3.63) is 22.5 Å². The van der Waals surface area contributed by atoms with Crippen molar-refractivity contribution in [2.75, 3.05) is 25.0 Å². The molecule has 2 atom stereocenters. The second-order valence-electron chi connectivity index (χ2n) is 6.46. The Morgan fingerprint density at radius 1 is 1.50 bits per heavy atom. The van der Waals surface area contributed by atoms with Crippen LogP contribution in [0.25, 0.3) is 0 Å². The summed E-state index contributed by atoms with van der Waals surface area (Å²) in [7, 11) is 0. The van der Waals surface area contributed by atoms with Crippen LogP contribution in [0.1, 0.15) is 18.4 Å². The Labute approximate surface area is 153 Å². The predicted octanol–water partition coefficient (Wildman–Crippen LogP) is 1.22. The molecule has 0 radical (unpaired) electrons. The first-order valence-corrected chi connectivity index (χ1v) is 8.41. The molecule has 0 aliphatic carbocycles. The lowest BCUT2D eigenvalue weighted by atomic mass is 9.89. The third kappa shape index (κ3) is 3.42. The number of anilines is 1. The maximum Gasteiger partial charge on any atom is 0.407 e. The lowest BCUT2D eigenvalue weighted by Gasteiger charge is -2.40. The fourth-order valence-corrected chi connectivity index (χ4v) is 3.31. The summed E-state index contributed by atoms with van der Waals surface area (Å²) >= 11 is 5.90. The highest BCUT2D eigenvalue weighted by Crippen LogP contribution is 2.39. The summed E-state index contributed by atoms with van der Waals surface area (Å²) in [5.74, 6) is -0.954. The minimum Gasteiger partial charge on any atom is -0.490 e. The Bertz CT molecular complexity index is 761. The molecule has 2 aliphatic heterocycles. The normalized spacial score (nSPS) is 25.5. The summed E-state index contributed by atoms with van der Waals surface area (Å²) in [4.78, 5) is 23.5. The Morgan fingerprint density at radius 2 is 2.23 bits per heavy atom. The number of aliphatic hydroxyl groups is 2. The highest BCUT2D eigenvalue weighted by molar-refractivity contribution is 6.34. The minimum absolute atomic E-state index is 0.0323. The monoisotopic (exact) mass is 388 g/mol. The molecule has 0 aromatic heterocycles. The smallest absolute Gasteiger partial charge is 0.407 e. The second kappa shape index (κ2) is 6.90. The molecule has 2 unspecified atom stereocenters. The Balaban J connectivity index is 1.78. The zero-order chi connectivity index (χ0) is 19.1. The molecule has 4 N–H and O–H groups in total. The number of carbonyl (C=O) groups excluding carboxylic acids is 1. The lowest BCUT2D eigenvalue weighted by molar-refractivity contribution is -0.132. The number of aliphatic hydroxyl groups excluding tert-OH is 1. The van der Waals surface area contributed by atoms with Crippen molar-refractivity contribution in [2.45, 2.75) is 31.0 Å². The van der Waals surface area contributed by atoms with Gasteiger partial charge in [-0.1, -0.05) is 11.6 Å². The third-order valence-corrected chi connectivity index (χ3v) is 5.10.